The highest BCUT2D eigenvalue weighted by atomic mass is 32.1. The number of nitrogens with zero attached hydrogens (tertiary/aromatic N) is 2. The maximum Gasteiger partial charge on any atom is 0.271 e. The summed E-state index contributed by atoms with van der Waals surface area (Å²) in [5.74, 6) is 0.612. The van der Waals surface area contributed by atoms with Gasteiger partial charge in [0.1, 0.15) is 5.69 Å². The summed E-state index contributed by atoms with van der Waals surface area (Å²) in [5.41, 5.74) is 2.93. The van der Waals surface area contributed by atoms with Gasteiger partial charge in [-0.1, -0.05) is 41.2 Å². The molecule has 1 aliphatic carbocycles. The lowest BCUT2D eigenvalue weighted by Crippen LogP contribution is -2.25. The normalized spacial score (nSPS) is 14.4. The van der Waals surface area contributed by atoms with E-state index in [9.17, 15) is 4.79 Å². The second-order valence-corrected chi connectivity index (χ2v) is 6.94. The van der Waals surface area contributed by atoms with E-state index in [4.69, 9.17) is 0 Å². The molecule has 1 aliphatic rings. The summed E-state index contributed by atoms with van der Waals surface area (Å²) in [5, 5.41) is 2.95. The summed E-state index contributed by atoms with van der Waals surface area (Å²) in [7, 11) is 0. The molecule has 0 saturated heterocycles. The molecule has 0 spiro atoms. The molecule has 0 aliphatic heterocycles. The van der Waals surface area contributed by atoms with Crippen LogP contribution in [0.3, 0.4) is 0 Å². The number of fused-ring (bicyclic) bond motifs is 1. The van der Waals surface area contributed by atoms with Crippen LogP contribution in [0.15, 0.2) is 36.7 Å². The van der Waals surface area contributed by atoms with E-state index in [1.807, 2.05) is 16.8 Å². The predicted octanol–water partition coefficient (Wildman–Crippen LogP) is 3.51. The molecule has 1 aromatic carbocycles. The maximum absolute atomic E-state index is 12.1. The van der Waals surface area contributed by atoms with Crippen LogP contribution in [0, 0.1) is 12.8 Å². The molecule has 1 N–H and O–H groups in total. The van der Waals surface area contributed by atoms with Crippen LogP contribution in [-0.2, 0) is 0 Å². The number of benzene rings is 1. The van der Waals surface area contributed by atoms with E-state index in [-0.39, 0.29) is 5.91 Å². The Morgan fingerprint density at radius 3 is 2.77 bits per heavy atom. The van der Waals surface area contributed by atoms with Crippen molar-refractivity contribution in [1.29, 1.82) is 0 Å². The number of hydrogen-bond acceptors (Lipinski definition) is 3. The molecule has 112 valence electrons. The lowest BCUT2D eigenvalue weighted by Gasteiger charge is -2.00. The van der Waals surface area contributed by atoms with Gasteiger partial charge in [0.25, 0.3) is 5.91 Å². The van der Waals surface area contributed by atoms with E-state index in [1.165, 1.54) is 24.0 Å². The van der Waals surface area contributed by atoms with Crippen LogP contribution in [0.2, 0.25) is 0 Å². The van der Waals surface area contributed by atoms with Crippen LogP contribution < -0.4 is 5.32 Å². The average molecular weight is 311 g/mol. The summed E-state index contributed by atoms with van der Waals surface area (Å²) in [6.45, 7) is 2.86. The first kappa shape index (κ1) is 13.5. The van der Waals surface area contributed by atoms with Gasteiger partial charge in [0.05, 0.1) is 4.88 Å². The largest absolute Gasteiger partial charge is 0.350 e. The van der Waals surface area contributed by atoms with Crippen LogP contribution in [0.1, 0.15) is 28.9 Å². The number of aryl methyl sites for hydroxylation is 1. The van der Waals surface area contributed by atoms with Crippen molar-refractivity contribution in [3.8, 4) is 10.4 Å². The zero-order chi connectivity index (χ0) is 15.1. The first-order valence-electron chi connectivity index (χ1n) is 7.53. The third kappa shape index (κ3) is 2.64. The monoisotopic (exact) mass is 311 g/mol. The van der Waals surface area contributed by atoms with Gasteiger partial charge in [-0.2, -0.15) is 0 Å². The van der Waals surface area contributed by atoms with Gasteiger partial charge in [-0.15, -0.1) is 0 Å². The highest BCUT2D eigenvalue weighted by Gasteiger charge is 2.22. The standard InChI is InChI=1S/C17H17N3OS/c1-11-2-6-13(7-3-11)15-10-20-9-14(19-17(20)22-15)16(21)18-8-12-4-5-12/h2-3,6-7,9-10,12H,4-5,8H2,1H3,(H,18,21). The molecule has 2 heterocycles. The summed E-state index contributed by atoms with van der Waals surface area (Å²) < 4.78 is 1.94. The number of nitrogens with one attached hydrogen (secondary N) is 1. The van der Waals surface area contributed by atoms with Crippen molar-refractivity contribution in [3.63, 3.8) is 0 Å². The van der Waals surface area contributed by atoms with Crippen molar-refractivity contribution in [2.45, 2.75) is 19.8 Å². The van der Waals surface area contributed by atoms with E-state index < -0.39 is 0 Å². The Balaban J connectivity index is 1.56. The number of amides is 1. The summed E-state index contributed by atoms with van der Waals surface area (Å²) >= 11 is 1.60. The van der Waals surface area contributed by atoms with Crippen molar-refractivity contribution < 1.29 is 4.79 Å². The number of imidazole rings is 1. The Kier molecular flexibility index (Phi) is 3.22. The molecule has 2 aromatic heterocycles. The van der Waals surface area contributed by atoms with Crippen LogP contribution in [0.25, 0.3) is 15.4 Å². The van der Waals surface area contributed by atoms with Gasteiger partial charge in [-0.05, 0) is 31.2 Å². The minimum absolute atomic E-state index is 0.0697. The lowest BCUT2D eigenvalue weighted by molar-refractivity contribution is 0.0947. The quantitative estimate of drug-likeness (QED) is 0.801. The van der Waals surface area contributed by atoms with Crippen molar-refractivity contribution in [2.24, 2.45) is 5.92 Å². The summed E-state index contributed by atoms with van der Waals surface area (Å²) in [4.78, 5) is 18.5. The first-order valence-corrected chi connectivity index (χ1v) is 8.34. The van der Waals surface area contributed by atoms with Gasteiger partial charge >= 0.3 is 0 Å². The predicted molar refractivity (Wildman–Crippen MR) is 88.3 cm³/mol. The smallest absolute Gasteiger partial charge is 0.271 e. The molecule has 0 radical (unpaired) electrons. The first-order chi connectivity index (χ1) is 10.7. The van der Waals surface area contributed by atoms with Crippen LogP contribution in [-0.4, -0.2) is 21.8 Å². The van der Waals surface area contributed by atoms with E-state index in [2.05, 4.69) is 41.5 Å². The molecule has 0 unspecified atom stereocenters. The molecule has 0 atom stereocenters. The van der Waals surface area contributed by atoms with Crippen LogP contribution in [0.4, 0.5) is 0 Å². The van der Waals surface area contributed by atoms with Crippen LogP contribution >= 0.6 is 11.3 Å². The minimum atomic E-state index is -0.0697. The highest BCUT2D eigenvalue weighted by Crippen LogP contribution is 2.29. The fourth-order valence-corrected chi connectivity index (χ4v) is 3.38. The Hall–Kier alpha value is -2.14. The van der Waals surface area contributed by atoms with Gasteiger partial charge in [-0.25, -0.2) is 4.98 Å². The molecule has 1 saturated carbocycles. The molecule has 1 fully saturated rings. The number of thiazole rings is 1. The van der Waals surface area contributed by atoms with Gasteiger partial charge in [0.2, 0.25) is 0 Å². The number of carbonyl (C=O) groups excluding carboxylic acids is 1. The third-order valence-corrected chi connectivity index (χ3v) is 5.02. The Bertz CT molecular complexity index is 796. The van der Waals surface area contributed by atoms with Crippen molar-refractivity contribution >= 4 is 22.2 Å². The zero-order valence-corrected chi connectivity index (χ0v) is 13.2. The number of aromatic nitrogens is 2. The Morgan fingerprint density at radius 2 is 2.09 bits per heavy atom. The van der Waals surface area contributed by atoms with Crippen molar-refractivity contribution in [2.75, 3.05) is 6.54 Å². The highest BCUT2D eigenvalue weighted by molar-refractivity contribution is 7.20. The van der Waals surface area contributed by atoms with Gasteiger partial charge in [0, 0.05) is 18.9 Å². The molecule has 3 aromatic rings. The van der Waals surface area contributed by atoms with Crippen LogP contribution in [0.5, 0.6) is 0 Å². The Morgan fingerprint density at radius 1 is 1.32 bits per heavy atom. The topological polar surface area (TPSA) is 46.4 Å². The third-order valence-electron chi connectivity index (χ3n) is 3.97. The van der Waals surface area contributed by atoms with E-state index in [0.29, 0.717) is 11.6 Å². The Labute approximate surface area is 132 Å². The average Bonchev–Trinajstić information content (AvgIpc) is 3.12. The van der Waals surface area contributed by atoms with Crippen molar-refractivity contribution in [3.05, 3.63) is 47.9 Å². The van der Waals surface area contributed by atoms with Crippen molar-refractivity contribution in [1.82, 2.24) is 14.7 Å². The maximum atomic E-state index is 12.1. The molecule has 0 bridgehead atoms. The van der Waals surface area contributed by atoms with E-state index in [0.717, 1.165) is 16.4 Å². The minimum Gasteiger partial charge on any atom is -0.350 e. The molecule has 4 rings (SSSR count). The zero-order valence-electron chi connectivity index (χ0n) is 12.4. The fourth-order valence-electron chi connectivity index (χ4n) is 2.41. The molecule has 5 heteroatoms. The summed E-state index contributed by atoms with van der Waals surface area (Å²) in [6, 6.07) is 8.44. The van der Waals surface area contributed by atoms with Gasteiger partial charge < -0.3 is 5.32 Å². The number of hydrogen-bond donors (Lipinski definition) is 1. The molecule has 4 nitrogen and oxygen atoms in total. The molecule has 22 heavy (non-hydrogen) atoms. The van der Waals surface area contributed by atoms with Gasteiger partial charge in [0.15, 0.2) is 4.96 Å². The number of carbonyl (C=O) groups is 1. The molecular weight excluding hydrogens is 294 g/mol. The summed E-state index contributed by atoms with van der Waals surface area (Å²) in [6.07, 6.45) is 6.32. The second kappa shape index (κ2) is 5.25. The van der Waals surface area contributed by atoms with Gasteiger partial charge in [-0.3, -0.25) is 9.20 Å². The lowest BCUT2D eigenvalue weighted by atomic mass is 10.1. The SMILES string of the molecule is Cc1ccc(-c2cn3cc(C(=O)NCC4CC4)nc3s2)cc1. The van der Waals surface area contributed by atoms with E-state index in [1.54, 1.807) is 11.3 Å². The molecule has 1 amide bonds. The number of rotatable bonds is 4. The molecular formula is C17H17N3OS. The second-order valence-electron chi connectivity index (χ2n) is 5.93. The fraction of sp³-hybridized carbons (Fsp3) is 0.294. The van der Waals surface area contributed by atoms with E-state index >= 15 is 0 Å².